The molecular formula is C17H20N2. The maximum Gasteiger partial charge on any atom is 0.0631 e. The first-order valence-corrected chi connectivity index (χ1v) is 6.77. The highest BCUT2D eigenvalue weighted by molar-refractivity contribution is 5.81. The highest BCUT2D eigenvalue weighted by Crippen LogP contribution is 2.19. The van der Waals surface area contributed by atoms with E-state index in [0.717, 1.165) is 24.3 Å². The predicted octanol–water partition coefficient (Wildman–Crippen LogP) is 4.28. The van der Waals surface area contributed by atoms with Gasteiger partial charge in [-0.05, 0) is 43.7 Å². The molecule has 0 aliphatic carbocycles. The third-order valence-electron chi connectivity index (χ3n) is 3.14. The molecule has 0 saturated carbocycles. The fourth-order valence-corrected chi connectivity index (χ4v) is 2.03. The van der Waals surface area contributed by atoms with Gasteiger partial charge in [-0.3, -0.25) is 4.99 Å². The molecular weight excluding hydrogens is 232 g/mol. The van der Waals surface area contributed by atoms with E-state index in [1.807, 2.05) is 36.5 Å². The normalized spacial score (nSPS) is 10.8. The molecule has 0 bridgehead atoms. The zero-order chi connectivity index (χ0) is 13.5. The van der Waals surface area contributed by atoms with E-state index in [0.29, 0.717) is 0 Å². The number of hydrogen-bond acceptors (Lipinski definition) is 2. The van der Waals surface area contributed by atoms with E-state index < -0.39 is 0 Å². The molecule has 0 atom stereocenters. The third kappa shape index (κ3) is 3.68. The second-order valence-corrected chi connectivity index (χ2v) is 4.36. The molecule has 0 radical (unpaired) electrons. The topological polar surface area (TPSA) is 15.6 Å². The molecule has 2 aromatic rings. The van der Waals surface area contributed by atoms with E-state index in [1.165, 1.54) is 5.69 Å². The minimum Gasteiger partial charge on any atom is -0.372 e. The van der Waals surface area contributed by atoms with E-state index in [9.17, 15) is 0 Å². The largest absolute Gasteiger partial charge is 0.372 e. The predicted molar refractivity (Wildman–Crippen MR) is 83.7 cm³/mol. The van der Waals surface area contributed by atoms with Crippen LogP contribution in [0.1, 0.15) is 19.4 Å². The Morgan fingerprint density at radius 1 is 0.895 bits per heavy atom. The summed E-state index contributed by atoms with van der Waals surface area (Å²) in [7, 11) is 0. The fraction of sp³-hybridized carbons (Fsp3) is 0.235. The summed E-state index contributed by atoms with van der Waals surface area (Å²) in [5.74, 6) is 0. The van der Waals surface area contributed by atoms with Crippen LogP contribution in [0.15, 0.2) is 59.6 Å². The zero-order valence-corrected chi connectivity index (χ0v) is 11.6. The second kappa shape index (κ2) is 6.74. The number of anilines is 1. The molecule has 19 heavy (non-hydrogen) atoms. The average molecular weight is 252 g/mol. The molecule has 0 amide bonds. The molecule has 2 nitrogen and oxygen atoms in total. The minimum absolute atomic E-state index is 0.986. The Labute approximate surface area is 115 Å². The van der Waals surface area contributed by atoms with Crippen LogP contribution in [0.25, 0.3) is 0 Å². The van der Waals surface area contributed by atoms with Gasteiger partial charge in [-0.25, -0.2) is 0 Å². The summed E-state index contributed by atoms with van der Waals surface area (Å²) in [6.45, 7) is 6.40. The third-order valence-corrected chi connectivity index (χ3v) is 3.14. The number of hydrogen-bond donors (Lipinski definition) is 0. The van der Waals surface area contributed by atoms with Crippen molar-refractivity contribution in [2.75, 3.05) is 18.0 Å². The first-order chi connectivity index (χ1) is 9.33. The van der Waals surface area contributed by atoms with Crippen molar-refractivity contribution in [1.82, 2.24) is 0 Å². The standard InChI is InChI=1S/C17H20N2/c1-3-19(4-2)17-12-10-16(11-13-17)18-14-15-8-6-5-7-9-15/h5-14H,3-4H2,1-2H3/b18-14+. The highest BCUT2D eigenvalue weighted by atomic mass is 15.1. The summed E-state index contributed by atoms with van der Waals surface area (Å²) in [5, 5.41) is 0. The molecule has 0 N–H and O–H groups in total. The first kappa shape index (κ1) is 13.3. The average Bonchev–Trinajstić information content (AvgIpc) is 2.49. The number of rotatable bonds is 5. The van der Waals surface area contributed by atoms with Crippen LogP contribution in [0.4, 0.5) is 11.4 Å². The Morgan fingerprint density at radius 3 is 2.11 bits per heavy atom. The van der Waals surface area contributed by atoms with Gasteiger partial charge in [0.1, 0.15) is 0 Å². The van der Waals surface area contributed by atoms with Crippen molar-refractivity contribution in [3.05, 3.63) is 60.2 Å². The van der Waals surface area contributed by atoms with Crippen molar-refractivity contribution < 1.29 is 0 Å². The summed E-state index contributed by atoms with van der Waals surface area (Å²) in [6, 6.07) is 18.5. The van der Waals surface area contributed by atoms with E-state index in [-0.39, 0.29) is 0 Å². The summed E-state index contributed by atoms with van der Waals surface area (Å²) >= 11 is 0. The summed E-state index contributed by atoms with van der Waals surface area (Å²) in [4.78, 5) is 6.81. The number of nitrogens with zero attached hydrogens (tertiary/aromatic N) is 2. The molecule has 0 aromatic heterocycles. The van der Waals surface area contributed by atoms with Crippen molar-refractivity contribution in [1.29, 1.82) is 0 Å². The minimum atomic E-state index is 0.986. The van der Waals surface area contributed by atoms with Crippen molar-refractivity contribution in [3.8, 4) is 0 Å². The Hall–Kier alpha value is -2.09. The van der Waals surface area contributed by atoms with Crippen LogP contribution in [0.5, 0.6) is 0 Å². The molecule has 2 aromatic carbocycles. The van der Waals surface area contributed by atoms with Gasteiger partial charge < -0.3 is 4.90 Å². The van der Waals surface area contributed by atoms with Gasteiger partial charge >= 0.3 is 0 Å². The maximum atomic E-state index is 4.49. The lowest BCUT2D eigenvalue weighted by Crippen LogP contribution is -2.21. The maximum absolute atomic E-state index is 4.49. The Kier molecular flexibility index (Phi) is 4.73. The van der Waals surface area contributed by atoms with Crippen molar-refractivity contribution in [2.24, 2.45) is 4.99 Å². The molecule has 98 valence electrons. The lowest BCUT2D eigenvalue weighted by Gasteiger charge is -2.20. The van der Waals surface area contributed by atoms with Gasteiger partial charge in [-0.2, -0.15) is 0 Å². The van der Waals surface area contributed by atoms with Gasteiger partial charge in [0.25, 0.3) is 0 Å². The van der Waals surface area contributed by atoms with Crippen LogP contribution in [0, 0.1) is 0 Å². The second-order valence-electron chi connectivity index (χ2n) is 4.36. The van der Waals surface area contributed by atoms with E-state index in [1.54, 1.807) is 0 Å². The van der Waals surface area contributed by atoms with Crippen LogP contribution in [0.3, 0.4) is 0 Å². The quantitative estimate of drug-likeness (QED) is 0.725. The molecule has 0 aliphatic rings. The summed E-state index contributed by atoms with van der Waals surface area (Å²) < 4.78 is 0. The molecule has 2 heteroatoms. The smallest absolute Gasteiger partial charge is 0.0631 e. The Bertz CT molecular complexity index is 511. The van der Waals surface area contributed by atoms with Gasteiger partial charge in [-0.15, -0.1) is 0 Å². The summed E-state index contributed by atoms with van der Waals surface area (Å²) in [6.07, 6.45) is 1.90. The first-order valence-electron chi connectivity index (χ1n) is 6.77. The van der Waals surface area contributed by atoms with E-state index >= 15 is 0 Å². The van der Waals surface area contributed by atoms with Crippen LogP contribution in [-0.4, -0.2) is 19.3 Å². The van der Waals surface area contributed by atoms with Gasteiger partial charge in [0, 0.05) is 25.0 Å². The monoisotopic (exact) mass is 252 g/mol. The molecule has 0 spiro atoms. The number of benzene rings is 2. The number of aliphatic imine (C=N–C) groups is 1. The lowest BCUT2D eigenvalue weighted by atomic mass is 10.2. The van der Waals surface area contributed by atoms with Crippen molar-refractivity contribution in [2.45, 2.75) is 13.8 Å². The lowest BCUT2D eigenvalue weighted by molar-refractivity contribution is 0.866. The van der Waals surface area contributed by atoms with Gasteiger partial charge in [0.2, 0.25) is 0 Å². The van der Waals surface area contributed by atoms with Crippen LogP contribution < -0.4 is 4.90 Å². The Morgan fingerprint density at radius 2 is 1.53 bits per heavy atom. The summed E-state index contributed by atoms with van der Waals surface area (Å²) in [5.41, 5.74) is 3.36. The van der Waals surface area contributed by atoms with Gasteiger partial charge in [0.05, 0.1) is 5.69 Å². The van der Waals surface area contributed by atoms with Gasteiger partial charge in [-0.1, -0.05) is 30.3 Å². The molecule has 0 fully saturated rings. The molecule has 0 saturated heterocycles. The fourth-order valence-electron chi connectivity index (χ4n) is 2.03. The van der Waals surface area contributed by atoms with Crippen molar-refractivity contribution in [3.63, 3.8) is 0 Å². The molecule has 0 aliphatic heterocycles. The highest BCUT2D eigenvalue weighted by Gasteiger charge is 2.00. The Balaban J connectivity index is 2.09. The van der Waals surface area contributed by atoms with Crippen molar-refractivity contribution >= 4 is 17.6 Å². The van der Waals surface area contributed by atoms with Gasteiger partial charge in [0.15, 0.2) is 0 Å². The van der Waals surface area contributed by atoms with Crippen LogP contribution in [-0.2, 0) is 0 Å². The molecule has 0 unspecified atom stereocenters. The zero-order valence-electron chi connectivity index (χ0n) is 11.6. The molecule has 0 heterocycles. The van der Waals surface area contributed by atoms with Crippen LogP contribution >= 0.6 is 0 Å². The molecule has 2 rings (SSSR count). The van der Waals surface area contributed by atoms with E-state index in [4.69, 9.17) is 0 Å². The van der Waals surface area contributed by atoms with Crippen LogP contribution in [0.2, 0.25) is 0 Å². The van der Waals surface area contributed by atoms with E-state index in [2.05, 4.69) is 48.0 Å². The SMILES string of the molecule is CCN(CC)c1ccc(/N=C/c2ccccc2)cc1.